The summed E-state index contributed by atoms with van der Waals surface area (Å²) >= 11 is 0. The summed E-state index contributed by atoms with van der Waals surface area (Å²) in [5.74, 6) is 0.967. The third kappa shape index (κ3) is 2.07. The van der Waals surface area contributed by atoms with Gasteiger partial charge in [-0.1, -0.05) is 6.07 Å². The van der Waals surface area contributed by atoms with Crippen LogP contribution >= 0.6 is 0 Å². The molecule has 0 bridgehead atoms. The second kappa shape index (κ2) is 4.47. The van der Waals surface area contributed by atoms with Crippen molar-refractivity contribution in [3.05, 3.63) is 28.8 Å². The van der Waals surface area contributed by atoms with E-state index in [-0.39, 0.29) is 6.04 Å². The molecule has 1 aromatic rings. The standard InChI is InChI=1S/C12H19NO/c1-5-14-12-7-6-11(10(4)13)8(2)9(12)3/h6-7,10H,5,13H2,1-4H3. The topological polar surface area (TPSA) is 35.2 Å². The first kappa shape index (κ1) is 11.1. The van der Waals surface area contributed by atoms with E-state index in [2.05, 4.69) is 19.9 Å². The second-order valence-corrected chi connectivity index (χ2v) is 3.62. The average molecular weight is 193 g/mol. The molecule has 0 spiro atoms. The molecule has 1 atom stereocenters. The monoisotopic (exact) mass is 193 g/mol. The molecule has 1 rings (SSSR count). The Morgan fingerprint density at radius 1 is 1.29 bits per heavy atom. The predicted octanol–water partition coefficient (Wildman–Crippen LogP) is 2.72. The summed E-state index contributed by atoms with van der Waals surface area (Å²) < 4.78 is 5.51. The zero-order valence-electron chi connectivity index (χ0n) is 9.42. The lowest BCUT2D eigenvalue weighted by molar-refractivity contribution is 0.337. The van der Waals surface area contributed by atoms with Gasteiger partial charge in [0.2, 0.25) is 0 Å². The SMILES string of the molecule is CCOc1ccc(C(C)N)c(C)c1C. The van der Waals surface area contributed by atoms with Gasteiger partial charge >= 0.3 is 0 Å². The molecule has 2 heteroatoms. The van der Waals surface area contributed by atoms with Gasteiger partial charge in [-0.3, -0.25) is 0 Å². The highest BCUT2D eigenvalue weighted by Gasteiger charge is 2.09. The Morgan fingerprint density at radius 2 is 1.93 bits per heavy atom. The van der Waals surface area contributed by atoms with Gasteiger partial charge < -0.3 is 10.5 Å². The molecule has 78 valence electrons. The molecule has 0 aliphatic heterocycles. The lowest BCUT2D eigenvalue weighted by Crippen LogP contribution is -2.08. The smallest absolute Gasteiger partial charge is 0.122 e. The van der Waals surface area contributed by atoms with Gasteiger partial charge in [-0.05, 0) is 50.5 Å². The minimum Gasteiger partial charge on any atom is -0.494 e. The number of benzene rings is 1. The maximum Gasteiger partial charge on any atom is 0.122 e. The molecule has 0 saturated carbocycles. The Labute approximate surface area is 86.1 Å². The van der Waals surface area contributed by atoms with E-state index in [0.717, 1.165) is 5.75 Å². The van der Waals surface area contributed by atoms with Crippen molar-refractivity contribution in [2.24, 2.45) is 5.73 Å². The van der Waals surface area contributed by atoms with E-state index in [1.54, 1.807) is 0 Å². The van der Waals surface area contributed by atoms with E-state index >= 15 is 0 Å². The van der Waals surface area contributed by atoms with Gasteiger partial charge in [-0.15, -0.1) is 0 Å². The van der Waals surface area contributed by atoms with Gasteiger partial charge in [0.05, 0.1) is 6.61 Å². The van der Waals surface area contributed by atoms with Crippen molar-refractivity contribution in [3.8, 4) is 5.75 Å². The summed E-state index contributed by atoms with van der Waals surface area (Å²) in [6.45, 7) is 8.87. The van der Waals surface area contributed by atoms with Crippen molar-refractivity contribution in [2.75, 3.05) is 6.61 Å². The molecule has 1 aromatic carbocycles. The summed E-state index contributed by atoms with van der Waals surface area (Å²) in [5.41, 5.74) is 9.50. The number of hydrogen-bond acceptors (Lipinski definition) is 2. The van der Waals surface area contributed by atoms with Crippen LogP contribution in [0.15, 0.2) is 12.1 Å². The number of rotatable bonds is 3. The second-order valence-electron chi connectivity index (χ2n) is 3.62. The molecule has 2 N–H and O–H groups in total. The first-order valence-electron chi connectivity index (χ1n) is 5.06. The maximum atomic E-state index is 5.87. The zero-order valence-corrected chi connectivity index (χ0v) is 9.42. The molecule has 1 unspecified atom stereocenters. The molecule has 0 aliphatic carbocycles. The number of ether oxygens (including phenoxy) is 1. The summed E-state index contributed by atoms with van der Waals surface area (Å²) in [7, 11) is 0. The van der Waals surface area contributed by atoms with Gasteiger partial charge in [0.15, 0.2) is 0 Å². The van der Waals surface area contributed by atoms with Crippen LogP contribution in [-0.2, 0) is 0 Å². The average Bonchev–Trinajstić information content (AvgIpc) is 2.13. The number of hydrogen-bond donors (Lipinski definition) is 1. The van der Waals surface area contributed by atoms with Gasteiger partial charge in [0, 0.05) is 6.04 Å². The lowest BCUT2D eigenvalue weighted by atomic mass is 9.98. The van der Waals surface area contributed by atoms with E-state index in [4.69, 9.17) is 10.5 Å². The van der Waals surface area contributed by atoms with Crippen molar-refractivity contribution >= 4 is 0 Å². The minimum absolute atomic E-state index is 0.0874. The first-order chi connectivity index (χ1) is 6.57. The molecule has 14 heavy (non-hydrogen) atoms. The maximum absolute atomic E-state index is 5.87. The minimum atomic E-state index is 0.0874. The molecule has 0 heterocycles. The van der Waals surface area contributed by atoms with Crippen LogP contribution in [-0.4, -0.2) is 6.61 Å². The van der Waals surface area contributed by atoms with Gasteiger partial charge in [-0.25, -0.2) is 0 Å². The van der Waals surface area contributed by atoms with Crippen LogP contribution in [0.5, 0.6) is 5.75 Å². The molecule has 2 nitrogen and oxygen atoms in total. The van der Waals surface area contributed by atoms with E-state index < -0.39 is 0 Å². The molecule has 0 amide bonds. The highest BCUT2D eigenvalue weighted by atomic mass is 16.5. The summed E-state index contributed by atoms with van der Waals surface area (Å²) in [6.07, 6.45) is 0. The molecule has 0 radical (unpaired) electrons. The van der Waals surface area contributed by atoms with Crippen molar-refractivity contribution in [3.63, 3.8) is 0 Å². The van der Waals surface area contributed by atoms with Crippen molar-refractivity contribution in [1.29, 1.82) is 0 Å². The Hall–Kier alpha value is -1.02. The van der Waals surface area contributed by atoms with Crippen LogP contribution in [0, 0.1) is 13.8 Å². The van der Waals surface area contributed by atoms with Crippen LogP contribution < -0.4 is 10.5 Å². The molecule has 0 aliphatic rings. The van der Waals surface area contributed by atoms with Crippen LogP contribution in [0.4, 0.5) is 0 Å². The fourth-order valence-corrected chi connectivity index (χ4v) is 1.62. The van der Waals surface area contributed by atoms with Gasteiger partial charge in [0.25, 0.3) is 0 Å². The molecular weight excluding hydrogens is 174 g/mol. The highest BCUT2D eigenvalue weighted by Crippen LogP contribution is 2.26. The van der Waals surface area contributed by atoms with Crippen LogP contribution in [0.2, 0.25) is 0 Å². The van der Waals surface area contributed by atoms with Gasteiger partial charge in [0.1, 0.15) is 5.75 Å². The van der Waals surface area contributed by atoms with E-state index in [0.29, 0.717) is 6.61 Å². The first-order valence-corrected chi connectivity index (χ1v) is 5.06. The third-order valence-corrected chi connectivity index (χ3v) is 2.57. The third-order valence-electron chi connectivity index (χ3n) is 2.57. The summed E-state index contributed by atoms with van der Waals surface area (Å²) in [6, 6.07) is 4.15. The van der Waals surface area contributed by atoms with E-state index in [1.165, 1.54) is 16.7 Å². The predicted molar refractivity (Wildman–Crippen MR) is 59.7 cm³/mol. The quantitative estimate of drug-likeness (QED) is 0.801. The fourth-order valence-electron chi connectivity index (χ4n) is 1.62. The Bertz CT molecular complexity index is 318. The van der Waals surface area contributed by atoms with Crippen molar-refractivity contribution < 1.29 is 4.74 Å². The van der Waals surface area contributed by atoms with Gasteiger partial charge in [-0.2, -0.15) is 0 Å². The zero-order chi connectivity index (χ0) is 10.7. The fraction of sp³-hybridized carbons (Fsp3) is 0.500. The normalized spacial score (nSPS) is 12.6. The largest absolute Gasteiger partial charge is 0.494 e. The lowest BCUT2D eigenvalue weighted by Gasteiger charge is -2.15. The Balaban J connectivity index is 3.12. The van der Waals surface area contributed by atoms with Crippen LogP contribution in [0.3, 0.4) is 0 Å². The Morgan fingerprint density at radius 3 is 2.43 bits per heavy atom. The van der Waals surface area contributed by atoms with E-state index in [9.17, 15) is 0 Å². The number of nitrogens with two attached hydrogens (primary N) is 1. The highest BCUT2D eigenvalue weighted by molar-refractivity contribution is 5.44. The molecule has 0 saturated heterocycles. The molecular formula is C12H19NO. The summed E-state index contributed by atoms with van der Waals surface area (Å²) in [5, 5.41) is 0. The van der Waals surface area contributed by atoms with E-state index in [1.807, 2.05) is 19.9 Å². The van der Waals surface area contributed by atoms with Crippen LogP contribution in [0.1, 0.15) is 36.6 Å². The molecule has 0 aromatic heterocycles. The van der Waals surface area contributed by atoms with Crippen molar-refractivity contribution in [1.82, 2.24) is 0 Å². The molecule has 0 fully saturated rings. The Kier molecular flexibility index (Phi) is 3.53. The van der Waals surface area contributed by atoms with Crippen LogP contribution in [0.25, 0.3) is 0 Å². The summed E-state index contributed by atoms with van der Waals surface area (Å²) in [4.78, 5) is 0. The van der Waals surface area contributed by atoms with Crippen molar-refractivity contribution in [2.45, 2.75) is 33.7 Å².